The molecule has 0 aromatic heterocycles. The van der Waals surface area contributed by atoms with Crippen LogP contribution in [0.2, 0.25) is 5.02 Å². The molecule has 0 heterocycles. The maximum absolute atomic E-state index is 13.2. The molecular formula is C11H13ClFNO2. The van der Waals surface area contributed by atoms with Crippen LogP contribution in [0.5, 0.6) is 0 Å². The first-order valence-corrected chi connectivity index (χ1v) is 5.14. The summed E-state index contributed by atoms with van der Waals surface area (Å²) in [5.74, 6) is -0.678. The van der Waals surface area contributed by atoms with E-state index in [-0.39, 0.29) is 18.3 Å². The highest BCUT2D eigenvalue weighted by atomic mass is 35.5. The van der Waals surface area contributed by atoms with E-state index in [2.05, 4.69) is 10.1 Å². The Bertz CT molecular complexity index is 396. The Morgan fingerprint density at radius 3 is 2.88 bits per heavy atom. The molecule has 88 valence electrons. The molecule has 3 nitrogen and oxygen atoms in total. The van der Waals surface area contributed by atoms with Crippen molar-refractivity contribution in [2.75, 3.05) is 13.7 Å². The number of aryl methyl sites for hydroxylation is 1. The SMILES string of the molecule is COC(=O)CNCc1cc(F)c(C)cc1Cl. The molecule has 0 spiro atoms. The summed E-state index contributed by atoms with van der Waals surface area (Å²) in [4.78, 5) is 10.8. The Hall–Kier alpha value is -1.13. The number of methoxy groups -OCH3 is 1. The molecule has 0 amide bonds. The number of carbonyl (C=O) groups is 1. The van der Waals surface area contributed by atoms with Crippen molar-refractivity contribution in [3.63, 3.8) is 0 Å². The van der Waals surface area contributed by atoms with Gasteiger partial charge in [-0.25, -0.2) is 4.39 Å². The minimum absolute atomic E-state index is 0.0718. The van der Waals surface area contributed by atoms with Gasteiger partial charge in [0.15, 0.2) is 0 Å². The van der Waals surface area contributed by atoms with Crippen molar-refractivity contribution in [2.24, 2.45) is 0 Å². The molecule has 0 fully saturated rings. The van der Waals surface area contributed by atoms with Crippen molar-refractivity contribution >= 4 is 17.6 Å². The molecule has 5 heteroatoms. The third kappa shape index (κ3) is 3.47. The van der Waals surface area contributed by atoms with E-state index >= 15 is 0 Å². The Labute approximate surface area is 98.5 Å². The van der Waals surface area contributed by atoms with Crippen molar-refractivity contribution < 1.29 is 13.9 Å². The number of nitrogens with one attached hydrogen (secondary N) is 1. The van der Waals surface area contributed by atoms with Gasteiger partial charge in [-0.3, -0.25) is 4.79 Å². The Morgan fingerprint density at radius 1 is 1.56 bits per heavy atom. The smallest absolute Gasteiger partial charge is 0.319 e. The standard InChI is InChI=1S/C11H13ClFNO2/c1-7-3-9(12)8(4-10(7)13)5-14-6-11(15)16-2/h3-4,14H,5-6H2,1-2H3. The number of halogens is 2. The van der Waals surface area contributed by atoms with Gasteiger partial charge in [-0.2, -0.15) is 0 Å². The van der Waals surface area contributed by atoms with E-state index in [9.17, 15) is 9.18 Å². The molecule has 0 saturated heterocycles. The van der Waals surface area contributed by atoms with Crippen molar-refractivity contribution in [3.8, 4) is 0 Å². The molecule has 0 aliphatic carbocycles. The molecular weight excluding hydrogens is 233 g/mol. The molecule has 0 bridgehead atoms. The van der Waals surface area contributed by atoms with Crippen LogP contribution in [0.4, 0.5) is 4.39 Å². The normalized spacial score (nSPS) is 10.2. The second kappa shape index (κ2) is 5.82. The summed E-state index contributed by atoms with van der Waals surface area (Å²) >= 11 is 5.93. The summed E-state index contributed by atoms with van der Waals surface area (Å²) in [6.07, 6.45) is 0. The molecule has 0 aliphatic heterocycles. The highest BCUT2D eigenvalue weighted by molar-refractivity contribution is 6.31. The molecule has 1 aromatic rings. The van der Waals surface area contributed by atoms with E-state index in [0.29, 0.717) is 22.7 Å². The third-order valence-electron chi connectivity index (χ3n) is 2.14. The number of benzene rings is 1. The molecule has 1 aromatic carbocycles. The van der Waals surface area contributed by atoms with Crippen LogP contribution in [0.1, 0.15) is 11.1 Å². The van der Waals surface area contributed by atoms with Crippen LogP contribution in [-0.4, -0.2) is 19.6 Å². The summed E-state index contributed by atoms with van der Waals surface area (Å²) in [7, 11) is 1.31. The fourth-order valence-corrected chi connectivity index (χ4v) is 1.48. The lowest BCUT2D eigenvalue weighted by Crippen LogP contribution is -2.23. The number of hydrogen-bond donors (Lipinski definition) is 1. The van der Waals surface area contributed by atoms with Gasteiger partial charge < -0.3 is 10.1 Å². The summed E-state index contributed by atoms with van der Waals surface area (Å²) in [6.45, 7) is 2.04. The molecule has 1 N–H and O–H groups in total. The van der Waals surface area contributed by atoms with Gasteiger partial charge in [0.1, 0.15) is 5.82 Å². The fourth-order valence-electron chi connectivity index (χ4n) is 1.19. The largest absolute Gasteiger partial charge is 0.468 e. The number of hydrogen-bond acceptors (Lipinski definition) is 3. The van der Waals surface area contributed by atoms with Crippen LogP contribution >= 0.6 is 11.6 Å². The Kier molecular flexibility index (Phi) is 4.71. The number of esters is 1. The minimum Gasteiger partial charge on any atom is -0.468 e. The minimum atomic E-state index is -0.372. The molecule has 0 aliphatic rings. The fraction of sp³-hybridized carbons (Fsp3) is 0.364. The van der Waals surface area contributed by atoms with Crippen LogP contribution in [0.15, 0.2) is 12.1 Å². The number of carbonyl (C=O) groups excluding carboxylic acids is 1. The highest BCUT2D eigenvalue weighted by Crippen LogP contribution is 2.20. The maximum Gasteiger partial charge on any atom is 0.319 e. The second-order valence-corrected chi connectivity index (χ2v) is 3.78. The summed E-state index contributed by atoms with van der Waals surface area (Å²) < 4.78 is 17.7. The maximum atomic E-state index is 13.2. The zero-order valence-corrected chi connectivity index (χ0v) is 9.90. The first-order valence-electron chi connectivity index (χ1n) is 4.76. The van der Waals surface area contributed by atoms with Crippen LogP contribution in [0.25, 0.3) is 0 Å². The summed E-state index contributed by atoms with van der Waals surface area (Å²) in [5.41, 5.74) is 1.12. The molecule has 0 radical (unpaired) electrons. The molecule has 0 saturated carbocycles. The Balaban J connectivity index is 2.60. The van der Waals surface area contributed by atoms with Crippen LogP contribution < -0.4 is 5.32 Å². The van der Waals surface area contributed by atoms with Gasteiger partial charge in [-0.05, 0) is 30.2 Å². The van der Waals surface area contributed by atoms with Gasteiger partial charge in [0.25, 0.3) is 0 Å². The monoisotopic (exact) mass is 245 g/mol. The predicted molar refractivity (Wildman–Crippen MR) is 59.9 cm³/mol. The first-order chi connectivity index (χ1) is 7.54. The van der Waals surface area contributed by atoms with Crippen molar-refractivity contribution in [1.82, 2.24) is 5.32 Å². The lowest BCUT2D eigenvalue weighted by atomic mass is 10.1. The third-order valence-corrected chi connectivity index (χ3v) is 2.49. The van der Waals surface area contributed by atoms with Gasteiger partial charge in [-0.1, -0.05) is 11.6 Å². The lowest BCUT2D eigenvalue weighted by molar-refractivity contribution is -0.139. The van der Waals surface area contributed by atoms with Crippen LogP contribution in [0.3, 0.4) is 0 Å². The van der Waals surface area contributed by atoms with E-state index in [0.717, 1.165) is 0 Å². The van der Waals surface area contributed by atoms with E-state index in [1.54, 1.807) is 13.0 Å². The number of ether oxygens (including phenoxy) is 1. The van der Waals surface area contributed by atoms with E-state index in [1.807, 2.05) is 0 Å². The molecule has 1 rings (SSSR count). The average molecular weight is 246 g/mol. The second-order valence-electron chi connectivity index (χ2n) is 3.37. The molecule has 16 heavy (non-hydrogen) atoms. The quantitative estimate of drug-likeness (QED) is 0.826. The van der Waals surface area contributed by atoms with Crippen molar-refractivity contribution in [1.29, 1.82) is 0 Å². The molecule has 0 atom stereocenters. The summed E-state index contributed by atoms with van der Waals surface area (Å²) in [6, 6.07) is 2.92. The van der Waals surface area contributed by atoms with E-state index < -0.39 is 0 Å². The Morgan fingerprint density at radius 2 is 2.25 bits per heavy atom. The van der Waals surface area contributed by atoms with E-state index in [4.69, 9.17) is 11.6 Å². The zero-order valence-electron chi connectivity index (χ0n) is 9.14. The van der Waals surface area contributed by atoms with Crippen molar-refractivity contribution in [3.05, 3.63) is 34.1 Å². The summed E-state index contributed by atoms with van der Waals surface area (Å²) in [5, 5.41) is 3.30. The number of rotatable bonds is 4. The van der Waals surface area contributed by atoms with Gasteiger partial charge in [-0.15, -0.1) is 0 Å². The lowest BCUT2D eigenvalue weighted by Gasteiger charge is -2.07. The zero-order chi connectivity index (χ0) is 12.1. The van der Waals surface area contributed by atoms with E-state index in [1.165, 1.54) is 13.2 Å². The average Bonchev–Trinajstić information content (AvgIpc) is 2.25. The topological polar surface area (TPSA) is 38.3 Å². The van der Waals surface area contributed by atoms with Crippen LogP contribution in [-0.2, 0) is 16.1 Å². The van der Waals surface area contributed by atoms with Gasteiger partial charge >= 0.3 is 5.97 Å². The van der Waals surface area contributed by atoms with Gasteiger partial charge in [0.05, 0.1) is 13.7 Å². The highest BCUT2D eigenvalue weighted by Gasteiger charge is 2.06. The predicted octanol–water partition coefficient (Wildman–Crippen LogP) is 2.05. The van der Waals surface area contributed by atoms with Crippen LogP contribution in [0, 0.1) is 12.7 Å². The van der Waals surface area contributed by atoms with Gasteiger partial charge in [0.2, 0.25) is 0 Å². The van der Waals surface area contributed by atoms with Gasteiger partial charge in [0, 0.05) is 11.6 Å². The van der Waals surface area contributed by atoms with Crippen molar-refractivity contribution in [2.45, 2.75) is 13.5 Å². The first kappa shape index (κ1) is 12.9. The molecule has 0 unspecified atom stereocenters.